The highest BCUT2D eigenvalue weighted by Crippen LogP contribution is 2.37. The first-order valence-electron chi connectivity index (χ1n) is 6.72. The van der Waals surface area contributed by atoms with Crippen LogP contribution in [0.15, 0.2) is 6.20 Å². The van der Waals surface area contributed by atoms with Gasteiger partial charge in [-0.15, -0.1) is 23.1 Å². The van der Waals surface area contributed by atoms with Gasteiger partial charge >= 0.3 is 0 Å². The van der Waals surface area contributed by atoms with E-state index in [2.05, 4.69) is 10.3 Å². The summed E-state index contributed by atoms with van der Waals surface area (Å²) in [7, 11) is 0. The number of nitro groups is 1. The van der Waals surface area contributed by atoms with E-state index in [0.29, 0.717) is 16.8 Å². The summed E-state index contributed by atoms with van der Waals surface area (Å²) in [5.74, 6) is -0.258. The predicted octanol–water partition coefficient (Wildman–Crippen LogP) is 0.957. The van der Waals surface area contributed by atoms with Crippen molar-refractivity contribution in [3.05, 3.63) is 21.2 Å². The van der Waals surface area contributed by atoms with Gasteiger partial charge in [-0.05, 0) is 6.92 Å². The minimum Gasteiger partial charge on any atom is -0.320 e. The van der Waals surface area contributed by atoms with Gasteiger partial charge in [0.1, 0.15) is 12.0 Å². The van der Waals surface area contributed by atoms with Gasteiger partial charge in [-0.3, -0.25) is 19.7 Å². The summed E-state index contributed by atoms with van der Waals surface area (Å²) < 4.78 is 0. The molecule has 2 fully saturated rings. The van der Waals surface area contributed by atoms with Crippen LogP contribution in [0.5, 0.6) is 0 Å². The first-order valence-corrected chi connectivity index (χ1v) is 8.69. The number of thioether (sulfide) groups is 1. The van der Waals surface area contributed by atoms with Crippen molar-refractivity contribution in [2.45, 2.75) is 25.4 Å². The zero-order valence-electron chi connectivity index (χ0n) is 11.7. The van der Waals surface area contributed by atoms with Gasteiger partial charge in [0.15, 0.2) is 5.13 Å². The van der Waals surface area contributed by atoms with Crippen molar-refractivity contribution in [1.82, 2.24) is 9.88 Å². The topological polar surface area (TPSA) is 105 Å². The van der Waals surface area contributed by atoms with Crippen LogP contribution in [-0.4, -0.2) is 50.3 Å². The summed E-state index contributed by atoms with van der Waals surface area (Å²) in [4.78, 5) is 41.4. The second kappa shape index (κ2) is 5.84. The summed E-state index contributed by atoms with van der Waals surface area (Å²) in [6.45, 7) is 1.89. The second-order valence-corrected chi connectivity index (χ2v) is 7.52. The van der Waals surface area contributed by atoms with Crippen LogP contribution < -0.4 is 5.32 Å². The Kier molecular flexibility index (Phi) is 4.04. The Morgan fingerprint density at radius 2 is 2.32 bits per heavy atom. The van der Waals surface area contributed by atoms with Crippen LogP contribution >= 0.6 is 23.1 Å². The van der Waals surface area contributed by atoms with Crippen LogP contribution in [-0.2, 0) is 9.59 Å². The van der Waals surface area contributed by atoms with Crippen molar-refractivity contribution >= 4 is 40.0 Å². The van der Waals surface area contributed by atoms with Gasteiger partial charge < -0.3 is 10.2 Å². The van der Waals surface area contributed by atoms with Gasteiger partial charge in [0.05, 0.1) is 5.88 Å². The number of aryl methyl sites for hydroxylation is 1. The molecule has 118 valence electrons. The smallest absolute Gasteiger partial charge is 0.249 e. The van der Waals surface area contributed by atoms with E-state index in [0.717, 1.165) is 4.88 Å². The summed E-state index contributed by atoms with van der Waals surface area (Å²) in [5, 5.41) is 13.9. The highest BCUT2D eigenvalue weighted by molar-refractivity contribution is 7.99. The fraction of sp³-hybridized carbons (Fsp3) is 0.583. The Labute approximate surface area is 134 Å². The number of thiazole rings is 1. The van der Waals surface area contributed by atoms with Gasteiger partial charge in [-0.25, -0.2) is 4.98 Å². The van der Waals surface area contributed by atoms with Crippen molar-refractivity contribution in [3.63, 3.8) is 0 Å². The van der Waals surface area contributed by atoms with E-state index in [1.54, 1.807) is 6.20 Å². The molecule has 0 radical (unpaired) electrons. The Morgan fingerprint density at radius 1 is 1.55 bits per heavy atom. The lowest BCUT2D eigenvalue weighted by Gasteiger charge is -2.22. The average Bonchev–Trinajstić information content (AvgIpc) is 2.94. The number of rotatable bonds is 4. The number of nitrogens with zero attached hydrogens (tertiary/aromatic N) is 3. The molecular weight excluding hydrogens is 328 g/mol. The lowest BCUT2D eigenvalue weighted by Crippen LogP contribution is -2.45. The zero-order valence-corrected chi connectivity index (χ0v) is 13.4. The van der Waals surface area contributed by atoms with Gasteiger partial charge in [0, 0.05) is 28.2 Å². The first kappa shape index (κ1) is 15.2. The number of nitrogens with one attached hydrogen (secondary N) is 1. The number of carbonyl (C=O) groups excluding carboxylic acids is 2. The quantitative estimate of drug-likeness (QED) is 0.645. The molecule has 2 heterocycles. The van der Waals surface area contributed by atoms with Gasteiger partial charge in [0.25, 0.3) is 0 Å². The van der Waals surface area contributed by atoms with E-state index in [1.807, 2.05) is 6.92 Å². The highest BCUT2D eigenvalue weighted by Gasteiger charge is 2.56. The Bertz CT molecular complexity index is 634. The van der Waals surface area contributed by atoms with Crippen LogP contribution in [0.2, 0.25) is 0 Å². The SMILES string of the molecule is Cc1cnc(NC(=O)[C@@H]2CSCN2C(=O)[C@H]2C[C@@H]2[N+](=O)[O-])s1. The van der Waals surface area contributed by atoms with Crippen LogP contribution in [0.1, 0.15) is 11.3 Å². The molecule has 10 heteroatoms. The minimum atomic E-state index is -0.788. The predicted molar refractivity (Wildman–Crippen MR) is 82.3 cm³/mol. The Hall–Kier alpha value is -1.68. The molecule has 2 amide bonds. The van der Waals surface area contributed by atoms with E-state index in [1.165, 1.54) is 28.0 Å². The van der Waals surface area contributed by atoms with Crippen LogP contribution in [0.25, 0.3) is 0 Å². The third kappa shape index (κ3) is 2.93. The van der Waals surface area contributed by atoms with E-state index < -0.39 is 22.9 Å². The molecule has 8 nitrogen and oxygen atoms in total. The van der Waals surface area contributed by atoms with E-state index in [4.69, 9.17) is 0 Å². The summed E-state index contributed by atoms with van der Waals surface area (Å²) >= 11 is 2.84. The maximum atomic E-state index is 12.3. The largest absolute Gasteiger partial charge is 0.320 e. The molecule has 1 aliphatic heterocycles. The molecule has 1 saturated heterocycles. The standard InChI is InChI=1S/C12H14N4O4S2/c1-6-3-13-12(22-6)14-10(17)9-4-21-5-15(9)11(18)7-2-8(7)16(19)20/h3,7-9H,2,4-5H2,1H3,(H,13,14,17)/t7-,8-,9-/m0/s1. The van der Waals surface area contributed by atoms with E-state index in [-0.39, 0.29) is 18.2 Å². The monoisotopic (exact) mass is 342 g/mol. The number of amides is 2. The normalized spacial score (nSPS) is 26.8. The van der Waals surface area contributed by atoms with Gasteiger partial charge in [-0.2, -0.15) is 0 Å². The summed E-state index contributed by atoms with van der Waals surface area (Å²) in [5.41, 5.74) is 0. The number of hydrogen-bond acceptors (Lipinski definition) is 7. The molecule has 22 heavy (non-hydrogen) atoms. The number of anilines is 1. The van der Waals surface area contributed by atoms with Gasteiger partial charge in [-0.1, -0.05) is 0 Å². The molecule has 3 rings (SSSR count). The molecule has 3 atom stereocenters. The van der Waals surface area contributed by atoms with Crippen molar-refractivity contribution < 1.29 is 14.5 Å². The lowest BCUT2D eigenvalue weighted by molar-refractivity contribution is -0.497. The molecule has 0 aromatic carbocycles. The third-order valence-corrected chi connectivity index (χ3v) is 5.50. The van der Waals surface area contributed by atoms with Crippen molar-refractivity contribution in [2.75, 3.05) is 16.9 Å². The fourth-order valence-corrected chi connectivity index (χ4v) is 4.20. The van der Waals surface area contributed by atoms with Crippen LogP contribution in [0.4, 0.5) is 5.13 Å². The highest BCUT2D eigenvalue weighted by atomic mass is 32.2. The zero-order chi connectivity index (χ0) is 15.9. The molecular formula is C12H14N4O4S2. The van der Waals surface area contributed by atoms with E-state index >= 15 is 0 Å². The molecule has 2 aliphatic rings. The molecule has 0 spiro atoms. The number of aromatic nitrogens is 1. The Balaban J connectivity index is 1.64. The molecule has 1 aromatic rings. The maximum absolute atomic E-state index is 12.3. The fourth-order valence-electron chi connectivity index (χ4n) is 2.37. The molecule has 1 aromatic heterocycles. The van der Waals surface area contributed by atoms with Crippen molar-refractivity contribution in [3.8, 4) is 0 Å². The molecule has 1 aliphatic carbocycles. The Morgan fingerprint density at radius 3 is 2.91 bits per heavy atom. The first-order chi connectivity index (χ1) is 10.5. The minimum absolute atomic E-state index is 0.271. The molecule has 0 unspecified atom stereocenters. The van der Waals surface area contributed by atoms with Gasteiger partial charge in [0.2, 0.25) is 17.9 Å². The summed E-state index contributed by atoms with van der Waals surface area (Å²) in [6.07, 6.45) is 1.94. The second-order valence-electron chi connectivity index (χ2n) is 5.28. The van der Waals surface area contributed by atoms with E-state index in [9.17, 15) is 19.7 Å². The number of carbonyl (C=O) groups is 2. The average molecular weight is 342 g/mol. The van der Waals surface area contributed by atoms with Crippen molar-refractivity contribution in [1.29, 1.82) is 0 Å². The van der Waals surface area contributed by atoms with Crippen molar-refractivity contribution in [2.24, 2.45) is 5.92 Å². The summed E-state index contributed by atoms with van der Waals surface area (Å²) in [6, 6.07) is -1.38. The number of hydrogen-bond donors (Lipinski definition) is 1. The maximum Gasteiger partial charge on any atom is 0.249 e. The van der Waals surface area contributed by atoms with Crippen LogP contribution in [0.3, 0.4) is 0 Å². The molecule has 1 saturated carbocycles. The molecule has 0 bridgehead atoms. The molecule has 1 N–H and O–H groups in total. The third-order valence-electron chi connectivity index (χ3n) is 3.66. The van der Waals surface area contributed by atoms with Crippen LogP contribution in [0, 0.1) is 23.0 Å². The lowest BCUT2D eigenvalue weighted by atomic mass is 10.2.